The molecule has 0 atom stereocenters. The van der Waals surface area contributed by atoms with Crippen LogP contribution in [0.4, 0.5) is 11.5 Å². The number of unbranched alkanes of at least 4 members (excludes halogenated alkanes) is 1. The molecular weight excluding hydrogens is 446 g/mol. The first-order chi connectivity index (χ1) is 17.0. The van der Waals surface area contributed by atoms with E-state index in [4.69, 9.17) is 14.9 Å². The summed E-state index contributed by atoms with van der Waals surface area (Å²) in [5, 5.41) is 0. The first-order valence-corrected chi connectivity index (χ1v) is 11.5. The van der Waals surface area contributed by atoms with Crippen molar-refractivity contribution >= 4 is 11.5 Å². The number of nitrogens with zero attached hydrogens (tertiary/aromatic N) is 3. The molecule has 0 bridgehead atoms. The number of rotatable bonds is 10. The quantitative estimate of drug-likeness (QED) is 0.358. The predicted molar refractivity (Wildman–Crippen MR) is 135 cm³/mol. The molecule has 0 fully saturated rings. The molecule has 9 heteroatoms. The Balaban J connectivity index is 1.70. The van der Waals surface area contributed by atoms with Crippen molar-refractivity contribution in [2.75, 3.05) is 17.7 Å². The molecule has 0 saturated heterocycles. The standard InChI is InChI=1S/C26H29N5O4/c1-3-4-14-31-23(27)22(24(32)29-26(31)33)30(15-18-8-6-5-7-9-18)16-20-17-35-25(28-20)19-10-12-21(34-2)13-11-19/h5-13,17H,3-4,14-16,27H2,1-2H3,(H,29,32,33). The van der Waals surface area contributed by atoms with E-state index < -0.39 is 11.2 Å². The summed E-state index contributed by atoms with van der Waals surface area (Å²) in [6, 6.07) is 17.1. The lowest BCUT2D eigenvalue weighted by molar-refractivity contribution is 0.415. The lowest BCUT2D eigenvalue weighted by atomic mass is 10.2. The van der Waals surface area contributed by atoms with Crippen LogP contribution in [0.15, 0.2) is 74.9 Å². The molecule has 2 aromatic heterocycles. The SMILES string of the molecule is CCCCn1c(N)c(N(Cc2ccccc2)Cc2coc(-c3ccc(OC)cc3)n2)c(=O)[nH]c1=O. The van der Waals surface area contributed by atoms with Gasteiger partial charge in [-0.25, -0.2) is 9.78 Å². The molecule has 0 aliphatic carbocycles. The summed E-state index contributed by atoms with van der Waals surface area (Å²) in [5.41, 5.74) is 8.01. The number of hydrogen-bond donors (Lipinski definition) is 2. The number of ether oxygens (including phenoxy) is 1. The molecule has 0 spiro atoms. The molecule has 3 N–H and O–H groups in total. The minimum atomic E-state index is -0.532. The zero-order chi connectivity index (χ0) is 24.8. The highest BCUT2D eigenvalue weighted by atomic mass is 16.5. The second-order valence-electron chi connectivity index (χ2n) is 8.21. The summed E-state index contributed by atoms with van der Waals surface area (Å²) in [7, 11) is 1.61. The van der Waals surface area contributed by atoms with Crippen molar-refractivity contribution < 1.29 is 9.15 Å². The Morgan fingerprint density at radius 3 is 2.51 bits per heavy atom. The van der Waals surface area contributed by atoms with E-state index in [2.05, 4.69) is 9.97 Å². The van der Waals surface area contributed by atoms with Crippen molar-refractivity contribution in [3.63, 3.8) is 0 Å². The molecule has 0 unspecified atom stereocenters. The van der Waals surface area contributed by atoms with Gasteiger partial charge in [-0.2, -0.15) is 0 Å². The van der Waals surface area contributed by atoms with E-state index in [0.29, 0.717) is 24.7 Å². The van der Waals surface area contributed by atoms with Gasteiger partial charge >= 0.3 is 5.69 Å². The van der Waals surface area contributed by atoms with E-state index in [-0.39, 0.29) is 18.1 Å². The average molecular weight is 476 g/mol. The number of nitrogen functional groups attached to an aromatic ring is 1. The van der Waals surface area contributed by atoms with Crippen LogP contribution in [-0.2, 0) is 19.6 Å². The highest BCUT2D eigenvalue weighted by molar-refractivity contribution is 5.63. The Hall–Kier alpha value is -4.27. The fourth-order valence-corrected chi connectivity index (χ4v) is 3.88. The third-order valence-electron chi connectivity index (χ3n) is 5.72. The maximum absolute atomic E-state index is 12.9. The Labute approximate surface area is 202 Å². The molecule has 4 aromatic rings. The van der Waals surface area contributed by atoms with Gasteiger partial charge in [0.05, 0.1) is 19.3 Å². The highest BCUT2D eigenvalue weighted by Crippen LogP contribution is 2.25. The average Bonchev–Trinajstić information content (AvgIpc) is 3.33. The predicted octanol–water partition coefficient (Wildman–Crippen LogP) is 3.79. The van der Waals surface area contributed by atoms with E-state index in [9.17, 15) is 9.59 Å². The first-order valence-electron chi connectivity index (χ1n) is 11.5. The van der Waals surface area contributed by atoms with Gasteiger partial charge in [0.25, 0.3) is 5.56 Å². The van der Waals surface area contributed by atoms with Gasteiger partial charge in [-0.15, -0.1) is 0 Å². The molecule has 9 nitrogen and oxygen atoms in total. The number of methoxy groups -OCH3 is 1. The Kier molecular flexibility index (Phi) is 7.35. The van der Waals surface area contributed by atoms with Crippen molar-refractivity contribution in [3.8, 4) is 17.2 Å². The monoisotopic (exact) mass is 475 g/mol. The van der Waals surface area contributed by atoms with Crippen LogP contribution in [0.5, 0.6) is 5.75 Å². The van der Waals surface area contributed by atoms with Gasteiger partial charge in [0, 0.05) is 18.7 Å². The van der Waals surface area contributed by atoms with Crippen LogP contribution in [0.2, 0.25) is 0 Å². The van der Waals surface area contributed by atoms with Crippen molar-refractivity contribution in [1.82, 2.24) is 14.5 Å². The zero-order valence-electron chi connectivity index (χ0n) is 19.9. The van der Waals surface area contributed by atoms with Crippen LogP contribution in [0.25, 0.3) is 11.5 Å². The summed E-state index contributed by atoms with van der Waals surface area (Å²) in [5.74, 6) is 1.33. The molecule has 0 aliphatic heterocycles. The Bertz CT molecular complexity index is 1370. The van der Waals surface area contributed by atoms with Crippen molar-refractivity contribution in [1.29, 1.82) is 0 Å². The van der Waals surface area contributed by atoms with Gasteiger partial charge < -0.3 is 19.8 Å². The molecule has 4 rings (SSSR count). The summed E-state index contributed by atoms with van der Waals surface area (Å²) in [6.45, 7) is 3.11. The second kappa shape index (κ2) is 10.8. The van der Waals surface area contributed by atoms with Crippen LogP contribution in [0.1, 0.15) is 31.0 Å². The lowest BCUT2D eigenvalue weighted by Gasteiger charge is -2.25. The van der Waals surface area contributed by atoms with Crippen LogP contribution in [-0.4, -0.2) is 21.6 Å². The van der Waals surface area contributed by atoms with Crippen LogP contribution in [0.3, 0.4) is 0 Å². The number of hydrogen-bond acceptors (Lipinski definition) is 7. The van der Waals surface area contributed by atoms with Gasteiger partial charge in [-0.05, 0) is 36.2 Å². The normalized spacial score (nSPS) is 10.9. The molecule has 0 radical (unpaired) electrons. The number of anilines is 2. The third kappa shape index (κ3) is 5.46. The summed E-state index contributed by atoms with van der Waals surface area (Å²) >= 11 is 0. The Morgan fingerprint density at radius 2 is 1.83 bits per heavy atom. The molecule has 2 heterocycles. The zero-order valence-corrected chi connectivity index (χ0v) is 19.9. The molecule has 0 aliphatic rings. The largest absolute Gasteiger partial charge is 0.497 e. The highest BCUT2D eigenvalue weighted by Gasteiger charge is 2.21. The van der Waals surface area contributed by atoms with Gasteiger partial charge in [-0.1, -0.05) is 43.7 Å². The molecule has 182 valence electrons. The maximum Gasteiger partial charge on any atom is 0.330 e. The van der Waals surface area contributed by atoms with E-state index in [1.54, 1.807) is 13.4 Å². The Morgan fingerprint density at radius 1 is 1.09 bits per heavy atom. The number of H-pyrrole nitrogens is 1. The van der Waals surface area contributed by atoms with Crippen molar-refractivity contribution in [2.24, 2.45) is 0 Å². The first kappa shape index (κ1) is 23.9. The second-order valence-corrected chi connectivity index (χ2v) is 8.21. The summed E-state index contributed by atoms with van der Waals surface area (Å²) in [4.78, 5) is 34.3. The summed E-state index contributed by atoms with van der Waals surface area (Å²) in [6.07, 6.45) is 3.22. The molecular formula is C26H29N5O4. The maximum atomic E-state index is 12.9. The van der Waals surface area contributed by atoms with Crippen LogP contribution in [0, 0.1) is 0 Å². The van der Waals surface area contributed by atoms with Crippen LogP contribution >= 0.6 is 0 Å². The number of benzene rings is 2. The van der Waals surface area contributed by atoms with Crippen molar-refractivity contribution in [3.05, 3.63) is 93.0 Å². The molecule has 0 amide bonds. The number of aromatic amines is 1. The van der Waals surface area contributed by atoms with E-state index in [1.165, 1.54) is 4.57 Å². The minimum absolute atomic E-state index is 0.141. The third-order valence-corrected chi connectivity index (χ3v) is 5.72. The lowest BCUT2D eigenvalue weighted by Crippen LogP contribution is -2.38. The summed E-state index contributed by atoms with van der Waals surface area (Å²) < 4.78 is 12.3. The molecule has 0 saturated carbocycles. The number of aromatic nitrogens is 3. The topological polar surface area (TPSA) is 119 Å². The fourth-order valence-electron chi connectivity index (χ4n) is 3.88. The van der Waals surface area contributed by atoms with Gasteiger partial charge in [-0.3, -0.25) is 14.3 Å². The number of nitrogens with one attached hydrogen (secondary N) is 1. The number of nitrogens with two attached hydrogens (primary N) is 1. The number of oxazole rings is 1. The van der Waals surface area contributed by atoms with Crippen LogP contribution < -0.4 is 26.6 Å². The molecule has 2 aromatic carbocycles. The van der Waals surface area contributed by atoms with E-state index in [0.717, 1.165) is 29.7 Å². The van der Waals surface area contributed by atoms with Gasteiger partial charge in [0.15, 0.2) is 0 Å². The van der Waals surface area contributed by atoms with Gasteiger partial charge in [0.1, 0.15) is 23.5 Å². The smallest absolute Gasteiger partial charge is 0.330 e. The van der Waals surface area contributed by atoms with Gasteiger partial charge in [0.2, 0.25) is 5.89 Å². The van der Waals surface area contributed by atoms with Crippen molar-refractivity contribution in [2.45, 2.75) is 39.4 Å². The molecule has 35 heavy (non-hydrogen) atoms. The van der Waals surface area contributed by atoms with E-state index in [1.807, 2.05) is 66.4 Å². The fraction of sp³-hybridized carbons (Fsp3) is 0.269. The van der Waals surface area contributed by atoms with E-state index >= 15 is 0 Å². The minimum Gasteiger partial charge on any atom is -0.497 e.